The lowest BCUT2D eigenvalue weighted by Gasteiger charge is -2.28. The van der Waals surface area contributed by atoms with Crippen LogP contribution in [0, 0.1) is 5.82 Å². The zero-order chi connectivity index (χ0) is 22.2. The maximum Gasteiger partial charge on any atom is 0.271 e. The molecule has 0 spiro atoms. The van der Waals surface area contributed by atoms with Crippen molar-refractivity contribution in [3.63, 3.8) is 0 Å². The highest BCUT2D eigenvalue weighted by Crippen LogP contribution is 2.28. The topological polar surface area (TPSA) is 54.3 Å². The molecule has 2 heterocycles. The third-order valence-corrected chi connectivity index (χ3v) is 6.27. The van der Waals surface area contributed by atoms with Crippen LogP contribution >= 0.6 is 11.8 Å². The zero-order valence-corrected chi connectivity index (χ0v) is 18.7. The average Bonchev–Trinajstić information content (AvgIpc) is 3.33. The van der Waals surface area contributed by atoms with E-state index >= 15 is 0 Å². The van der Waals surface area contributed by atoms with Crippen LogP contribution in [-0.4, -0.2) is 44.5 Å². The molecule has 3 aromatic rings. The molecule has 0 radical (unpaired) electrons. The fourth-order valence-electron chi connectivity index (χ4n) is 3.81. The number of benzene rings is 2. The molecule has 2 amide bonds. The van der Waals surface area contributed by atoms with Gasteiger partial charge in [0.25, 0.3) is 5.91 Å². The van der Waals surface area contributed by atoms with E-state index in [4.69, 9.17) is 0 Å². The van der Waals surface area contributed by atoms with Crippen LogP contribution in [0.4, 0.5) is 4.39 Å². The molecule has 7 heteroatoms. The number of aromatic nitrogens is 1. The molecule has 1 atom stereocenters. The number of hydrogen-bond acceptors (Lipinski definition) is 3. The molecule has 1 unspecified atom stereocenters. The lowest BCUT2D eigenvalue weighted by molar-refractivity contribution is -0.125. The largest absolute Gasteiger partial charge is 0.350 e. The fraction of sp³-hybridized carbons (Fsp3) is 0.333. The van der Waals surface area contributed by atoms with E-state index in [-0.39, 0.29) is 29.7 Å². The average molecular weight is 440 g/mol. The highest BCUT2D eigenvalue weighted by molar-refractivity contribution is 7.99. The molecule has 31 heavy (non-hydrogen) atoms. The van der Waals surface area contributed by atoms with E-state index in [9.17, 15) is 14.0 Å². The first-order valence-electron chi connectivity index (χ1n) is 10.3. The Labute approximate surface area is 185 Å². The van der Waals surface area contributed by atoms with Gasteiger partial charge in [0.1, 0.15) is 17.6 Å². The van der Waals surface area contributed by atoms with Crippen LogP contribution < -0.4 is 5.32 Å². The van der Waals surface area contributed by atoms with Crippen LogP contribution in [0.3, 0.4) is 0 Å². The Morgan fingerprint density at radius 1 is 1.13 bits per heavy atom. The molecular formula is C24H26FN3O2S. The summed E-state index contributed by atoms with van der Waals surface area (Å²) in [6.07, 6.45) is 0. The first-order valence-corrected chi connectivity index (χ1v) is 11.4. The molecule has 0 bridgehead atoms. The molecule has 5 nitrogen and oxygen atoms in total. The van der Waals surface area contributed by atoms with E-state index < -0.39 is 6.04 Å². The molecule has 1 aliphatic rings. The van der Waals surface area contributed by atoms with Crippen molar-refractivity contribution >= 4 is 34.5 Å². The Bertz CT molecular complexity index is 1140. The van der Waals surface area contributed by atoms with Gasteiger partial charge in [-0.15, -0.1) is 11.8 Å². The van der Waals surface area contributed by atoms with Gasteiger partial charge in [0.2, 0.25) is 5.91 Å². The molecule has 0 saturated carbocycles. The number of thioether (sulfide) groups is 1. The number of fused-ring (bicyclic) bond motifs is 1. The summed E-state index contributed by atoms with van der Waals surface area (Å²) in [5, 5.41) is 3.89. The molecule has 2 aromatic carbocycles. The van der Waals surface area contributed by atoms with Gasteiger partial charge >= 0.3 is 0 Å². The monoisotopic (exact) mass is 439 g/mol. The van der Waals surface area contributed by atoms with Crippen LogP contribution in [0.1, 0.15) is 36.8 Å². The third-order valence-electron chi connectivity index (χ3n) is 5.26. The lowest BCUT2D eigenvalue weighted by Crippen LogP contribution is -2.52. The summed E-state index contributed by atoms with van der Waals surface area (Å²) in [5.74, 6) is 0.329. The maximum absolute atomic E-state index is 14.4. The van der Waals surface area contributed by atoms with Gasteiger partial charge in [-0.2, -0.15) is 0 Å². The van der Waals surface area contributed by atoms with Gasteiger partial charge in [-0.1, -0.05) is 36.4 Å². The van der Waals surface area contributed by atoms with Gasteiger partial charge in [-0.05, 0) is 39.0 Å². The summed E-state index contributed by atoms with van der Waals surface area (Å²) in [5.41, 5.74) is 1.45. The molecule has 1 aromatic heterocycles. The predicted octanol–water partition coefficient (Wildman–Crippen LogP) is 4.26. The first kappa shape index (κ1) is 21.4. The SMILES string of the molecule is CC(C)(C)NC(=O)C1CSCN1C(=O)c1cc2ccccc2n1Cc1ccccc1F. The second-order valence-corrected chi connectivity index (χ2v) is 9.80. The van der Waals surface area contributed by atoms with E-state index in [2.05, 4.69) is 5.32 Å². The van der Waals surface area contributed by atoms with Gasteiger partial charge in [0.15, 0.2) is 0 Å². The Morgan fingerprint density at radius 3 is 2.58 bits per heavy atom. The van der Waals surface area contributed by atoms with Crippen LogP contribution in [0.5, 0.6) is 0 Å². The smallest absolute Gasteiger partial charge is 0.271 e. The lowest BCUT2D eigenvalue weighted by atomic mass is 10.1. The molecule has 0 aliphatic carbocycles. The van der Waals surface area contributed by atoms with Gasteiger partial charge in [-0.3, -0.25) is 9.59 Å². The normalized spacial score (nSPS) is 16.6. The summed E-state index contributed by atoms with van der Waals surface area (Å²) in [7, 11) is 0. The van der Waals surface area contributed by atoms with E-state index in [0.717, 1.165) is 10.9 Å². The van der Waals surface area contributed by atoms with E-state index in [1.807, 2.05) is 55.7 Å². The Morgan fingerprint density at radius 2 is 1.84 bits per heavy atom. The molecule has 4 rings (SSSR count). The molecular weight excluding hydrogens is 413 g/mol. The second-order valence-electron chi connectivity index (χ2n) is 8.80. The minimum Gasteiger partial charge on any atom is -0.350 e. The molecule has 1 aliphatic heterocycles. The molecule has 1 N–H and O–H groups in total. The number of carbonyl (C=O) groups excluding carboxylic acids is 2. The number of rotatable bonds is 4. The van der Waals surface area contributed by atoms with Crippen molar-refractivity contribution < 1.29 is 14.0 Å². The minimum atomic E-state index is -0.531. The summed E-state index contributed by atoms with van der Waals surface area (Å²) in [6, 6.07) is 15.6. The Kier molecular flexibility index (Phi) is 5.79. The van der Waals surface area contributed by atoms with Crippen molar-refractivity contribution in [1.29, 1.82) is 0 Å². The number of para-hydroxylation sites is 1. The quantitative estimate of drug-likeness (QED) is 0.661. The Hall–Kier alpha value is -2.80. The van der Waals surface area contributed by atoms with Gasteiger partial charge in [-0.25, -0.2) is 4.39 Å². The number of halogens is 1. The summed E-state index contributed by atoms with van der Waals surface area (Å²) in [4.78, 5) is 28.1. The van der Waals surface area contributed by atoms with Gasteiger partial charge in [0.05, 0.1) is 12.4 Å². The highest BCUT2D eigenvalue weighted by Gasteiger charge is 2.37. The number of nitrogens with zero attached hydrogens (tertiary/aromatic N) is 2. The molecule has 1 saturated heterocycles. The number of amides is 2. The number of carbonyl (C=O) groups is 2. The van der Waals surface area contributed by atoms with Crippen LogP contribution in [-0.2, 0) is 11.3 Å². The molecule has 162 valence electrons. The van der Waals surface area contributed by atoms with Crippen molar-refractivity contribution in [3.8, 4) is 0 Å². The van der Waals surface area contributed by atoms with Crippen LogP contribution in [0.25, 0.3) is 10.9 Å². The maximum atomic E-state index is 14.4. The van der Waals surface area contributed by atoms with E-state index in [0.29, 0.717) is 22.9 Å². The summed E-state index contributed by atoms with van der Waals surface area (Å²) >= 11 is 1.56. The minimum absolute atomic E-state index is 0.150. The standard InChI is InChI=1S/C24H26FN3O2S/c1-24(2,3)26-22(29)21-14-31-15-28(21)23(30)20-12-16-8-5-7-11-19(16)27(20)13-17-9-4-6-10-18(17)25/h4-12,21H,13-15H2,1-3H3,(H,26,29). The van der Waals surface area contributed by atoms with Crippen molar-refractivity contribution in [1.82, 2.24) is 14.8 Å². The first-order chi connectivity index (χ1) is 14.7. The number of hydrogen-bond donors (Lipinski definition) is 1. The van der Waals surface area contributed by atoms with Crippen molar-refractivity contribution in [2.45, 2.75) is 38.9 Å². The van der Waals surface area contributed by atoms with Crippen molar-refractivity contribution in [2.24, 2.45) is 0 Å². The van der Waals surface area contributed by atoms with Gasteiger partial charge in [0, 0.05) is 27.8 Å². The summed E-state index contributed by atoms with van der Waals surface area (Å²) < 4.78 is 16.2. The number of nitrogens with one attached hydrogen (secondary N) is 1. The van der Waals surface area contributed by atoms with Crippen LogP contribution in [0.15, 0.2) is 54.6 Å². The highest BCUT2D eigenvalue weighted by atomic mass is 32.2. The Balaban J connectivity index is 1.71. The second kappa shape index (κ2) is 8.38. The zero-order valence-electron chi connectivity index (χ0n) is 17.9. The van der Waals surface area contributed by atoms with E-state index in [1.165, 1.54) is 6.07 Å². The molecule has 1 fully saturated rings. The predicted molar refractivity (Wildman–Crippen MR) is 123 cm³/mol. The third kappa shape index (κ3) is 4.46. The van der Waals surface area contributed by atoms with Gasteiger partial charge < -0.3 is 14.8 Å². The van der Waals surface area contributed by atoms with Crippen molar-refractivity contribution in [2.75, 3.05) is 11.6 Å². The van der Waals surface area contributed by atoms with Crippen molar-refractivity contribution in [3.05, 3.63) is 71.7 Å². The van der Waals surface area contributed by atoms with Crippen LogP contribution in [0.2, 0.25) is 0 Å². The fourth-order valence-corrected chi connectivity index (χ4v) is 4.97. The summed E-state index contributed by atoms with van der Waals surface area (Å²) in [6.45, 7) is 6.00. The van der Waals surface area contributed by atoms with E-state index in [1.54, 1.807) is 34.9 Å².